The zero-order chi connectivity index (χ0) is 13.9. The maximum atomic E-state index is 4.36. The second kappa shape index (κ2) is 5.25. The number of aryl methyl sites for hydroxylation is 1. The van der Waals surface area contributed by atoms with Crippen molar-refractivity contribution in [2.45, 2.75) is 10.3 Å². The van der Waals surface area contributed by atoms with Crippen molar-refractivity contribution in [1.29, 1.82) is 0 Å². The number of aromatic nitrogens is 8. The minimum absolute atomic E-state index is 0.444. The van der Waals surface area contributed by atoms with Crippen molar-refractivity contribution in [2.24, 2.45) is 7.05 Å². The molecule has 3 aromatic rings. The predicted octanol–water partition coefficient (Wildman–Crippen LogP) is 0.379. The fraction of sp³-hybridized carbons (Fsp3) is 0.200. The minimum atomic E-state index is 0.444. The van der Waals surface area contributed by atoms with Gasteiger partial charge in [-0.2, -0.15) is 25.1 Å². The summed E-state index contributed by atoms with van der Waals surface area (Å²) in [6.45, 7) is 0. The van der Waals surface area contributed by atoms with Crippen LogP contribution in [-0.4, -0.2) is 46.5 Å². The van der Waals surface area contributed by atoms with Crippen molar-refractivity contribution in [3.05, 3.63) is 24.8 Å². The van der Waals surface area contributed by atoms with Gasteiger partial charge in [0, 0.05) is 26.5 Å². The molecule has 0 unspecified atom stereocenters. The number of hydrogen-bond donors (Lipinski definition) is 1. The van der Waals surface area contributed by atoms with E-state index in [0.717, 1.165) is 0 Å². The Kier molecular flexibility index (Phi) is 3.29. The Morgan fingerprint density at radius 2 is 2.10 bits per heavy atom. The first-order chi connectivity index (χ1) is 9.76. The first-order valence-corrected chi connectivity index (χ1v) is 6.53. The van der Waals surface area contributed by atoms with E-state index in [0.29, 0.717) is 22.2 Å². The summed E-state index contributed by atoms with van der Waals surface area (Å²) in [6.07, 6.45) is 4.92. The van der Waals surface area contributed by atoms with Crippen LogP contribution in [0.1, 0.15) is 0 Å². The van der Waals surface area contributed by atoms with Crippen LogP contribution in [-0.2, 0) is 7.05 Å². The summed E-state index contributed by atoms with van der Waals surface area (Å²) >= 11 is 1.31. The van der Waals surface area contributed by atoms with E-state index >= 15 is 0 Å². The summed E-state index contributed by atoms with van der Waals surface area (Å²) < 4.78 is 3.23. The number of nitrogens with zero attached hydrogens (tertiary/aromatic N) is 8. The van der Waals surface area contributed by atoms with Crippen molar-refractivity contribution >= 4 is 17.7 Å². The van der Waals surface area contributed by atoms with Crippen LogP contribution in [0.15, 0.2) is 35.1 Å². The highest BCUT2D eigenvalue weighted by Gasteiger charge is 2.11. The molecule has 0 atom stereocenters. The Bertz CT molecular complexity index is 705. The van der Waals surface area contributed by atoms with Crippen LogP contribution in [0, 0.1) is 0 Å². The molecule has 3 rings (SSSR count). The maximum Gasteiger partial charge on any atom is 0.256 e. The van der Waals surface area contributed by atoms with Crippen LogP contribution in [0.25, 0.3) is 5.95 Å². The lowest BCUT2D eigenvalue weighted by atomic mass is 10.7. The van der Waals surface area contributed by atoms with Crippen molar-refractivity contribution < 1.29 is 0 Å². The van der Waals surface area contributed by atoms with Gasteiger partial charge in [0.1, 0.15) is 6.33 Å². The Labute approximate surface area is 118 Å². The van der Waals surface area contributed by atoms with Crippen LogP contribution in [0.5, 0.6) is 0 Å². The third kappa shape index (κ3) is 2.45. The summed E-state index contributed by atoms with van der Waals surface area (Å²) in [7, 11) is 3.56. The lowest BCUT2D eigenvalue weighted by Gasteiger charge is -2.05. The van der Waals surface area contributed by atoms with E-state index in [4.69, 9.17) is 0 Å². The SMILES string of the molecule is CNc1nc(Sc2ncnn2C)nc(-n2cccn2)n1. The zero-order valence-electron chi connectivity index (χ0n) is 10.8. The Hall–Kier alpha value is -2.49. The van der Waals surface area contributed by atoms with E-state index < -0.39 is 0 Å². The quantitative estimate of drug-likeness (QED) is 0.736. The number of anilines is 1. The molecule has 20 heavy (non-hydrogen) atoms. The highest BCUT2D eigenvalue weighted by molar-refractivity contribution is 7.99. The van der Waals surface area contributed by atoms with Gasteiger partial charge in [0.15, 0.2) is 5.16 Å². The van der Waals surface area contributed by atoms with Crippen molar-refractivity contribution in [3.8, 4) is 5.95 Å². The summed E-state index contributed by atoms with van der Waals surface area (Å²) in [5, 5.41) is 12.2. The summed E-state index contributed by atoms with van der Waals surface area (Å²) in [6, 6.07) is 1.80. The number of nitrogens with one attached hydrogen (secondary N) is 1. The van der Waals surface area contributed by atoms with Crippen LogP contribution < -0.4 is 5.32 Å². The van der Waals surface area contributed by atoms with Gasteiger partial charge in [0.25, 0.3) is 5.95 Å². The third-order valence-corrected chi connectivity index (χ3v) is 3.31. The largest absolute Gasteiger partial charge is 0.357 e. The molecule has 0 saturated carbocycles. The molecule has 0 aliphatic rings. The summed E-state index contributed by atoms with van der Waals surface area (Å²) in [4.78, 5) is 17.0. The number of rotatable bonds is 4. The van der Waals surface area contributed by atoms with Gasteiger partial charge in [-0.1, -0.05) is 0 Å². The average molecular weight is 289 g/mol. The molecule has 0 bridgehead atoms. The van der Waals surface area contributed by atoms with Gasteiger partial charge in [-0.25, -0.2) is 14.3 Å². The fourth-order valence-electron chi connectivity index (χ4n) is 1.45. The molecule has 0 fully saturated rings. The smallest absolute Gasteiger partial charge is 0.256 e. The van der Waals surface area contributed by atoms with Crippen LogP contribution >= 0.6 is 11.8 Å². The summed E-state index contributed by atoms with van der Waals surface area (Å²) in [5.41, 5.74) is 0. The third-order valence-electron chi connectivity index (χ3n) is 2.39. The molecule has 0 amide bonds. The first-order valence-electron chi connectivity index (χ1n) is 5.72. The molecule has 9 nitrogen and oxygen atoms in total. The Morgan fingerprint density at radius 3 is 2.75 bits per heavy atom. The fourth-order valence-corrected chi connectivity index (χ4v) is 2.15. The van der Waals surface area contributed by atoms with E-state index in [1.54, 1.807) is 34.9 Å². The molecular formula is C10H11N9S. The lowest BCUT2D eigenvalue weighted by molar-refractivity contribution is 0.682. The van der Waals surface area contributed by atoms with Gasteiger partial charge >= 0.3 is 0 Å². The van der Waals surface area contributed by atoms with Crippen LogP contribution in [0.3, 0.4) is 0 Å². The molecular weight excluding hydrogens is 278 g/mol. The summed E-state index contributed by atoms with van der Waals surface area (Å²) in [5.74, 6) is 0.911. The highest BCUT2D eigenvalue weighted by atomic mass is 32.2. The maximum absolute atomic E-state index is 4.36. The molecule has 0 radical (unpaired) electrons. The number of hydrogen-bond acceptors (Lipinski definition) is 8. The molecule has 0 aliphatic carbocycles. The van der Waals surface area contributed by atoms with Crippen LogP contribution in [0.4, 0.5) is 5.95 Å². The Morgan fingerprint density at radius 1 is 1.20 bits per heavy atom. The molecule has 0 saturated heterocycles. The molecule has 0 spiro atoms. The molecule has 3 aromatic heterocycles. The monoisotopic (exact) mass is 289 g/mol. The van der Waals surface area contributed by atoms with Crippen molar-refractivity contribution in [1.82, 2.24) is 39.5 Å². The van der Waals surface area contributed by atoms with E-state index in [-0.39, 0.29) is 0 Å². The van der Waals surface area contributed by atoms with E-state index in [9.17, 15) is 0 Å². The standard InChI is InChI=1S/C10H11N9S/c1-11-7-15-8(19-5-3-4-13-19)17-9(16-7)20-10-12-6-14-18(10)2/h3-6H,1-2H3,(H,11,15,16,17). The highest BCUT2D eigenvalue weighted by Crippen LogP contribution is 2.22. The van der Waals surface area contributed by atoms with E-state index in [1.807, 2.05) is 7.05 Å². The molecule has 0 aromatic carbocycles. The van der Waals surface area contributed by atoms with Gasteiger partial charge in [-0.15, -0.1) is 0 Å². The second-order valence-corrected chi connectivity index (χ2v) is 4.64. The van der Waals surface area contributed by atoms with Gasteiger partial charge in [0.05, 0.1) is 0 Å². The minimum Gasteiger partial charge on any atom is -0.357 e. The first kappa shape index (κ1) is 12.5. The topological polar surface area (TPSA) is 99.2 Å². The molecule has 102 valence electrons. The van der Waals surface area contributed by atoms with Gasteiger partial charge in [-0.3, -0.25) is 0 Å². The zero-order valence-corrected chi connectivity index (χ0v) is 11.6. The molecule has 1 N–H and O–H groups in total. The van der Waals surface area contributed by atoms with Gasteiger partial charge in [-0.05, 0) is 17.8 Å². The van der Waals surface area contributed by atoms with Crippen molar-refractivity contribution in [3.63, 3.8) is 0 Å². The second-order valence-electron chi connectivity index (χ2n) is 3.71. The average Bonchev–Trinajstić information content (AvgIpc) is 3.11. The van der Waals surface area contributed by atoms with Crippen molar-refractivity contribution in [2.75, 3.05) is 12.4 Å². The molecule has 10 heteroatoms. The Balaban J connectivity index is 1.98. The lowest BCUT2D eigenvalue weighted by Crippen LogP contribution is -2.08. The molecule has 0 aliphatic heterocycles. The van der Waals surface area contributed by atoms with Gasteiger partial charge in [0.2, 0.25) is 11.1 Å². The van der Waals surface area contributed by atoms with E-state index in [2.05, 4.69) is 35.5 Å². The van der Waals surface area contributed by atoms with Gasteiger partial charge < -0.3 is 5.32 Å². The normalized spacial score (nSPS) is 10.7. The molecule has 3 heterocycles. The van der Waals surface area contributed by atoms with Crippen LogP contribution in [0.2, 0.25) is 0 Å². The van der Waals surface area contributed by atoms with E-state index in [1.165, 1.54) is 18.1 Å². The predicted molar refractivity (Wildman–Crippen MR) is 71.6 cm³/mol.